The number of terminal acetylenes is 1. The molecule has 0 aliphatic heterocycles. The lowest BCUT2D eigenvalue weighted by Crippen LogP contribution is -2.27. The van der Waals surface area contributed by atoms with Crippen molar-refractivity contribution in [1.82, 2.24) is 5.32 Å². The summed E-state index contributed by atoms with van der Waals surface area (Å²) >= 11 is 0. The van der Waals surface area contributed by atoms with Crippen molar-refractivity contribution in [1.29, 1.82) is 0 Å². The maximum atomic E-state index is 5.26. The van der Waals surface area contributed by atoms with Gasteiger partial charge in [-0.05, 0) is 42.9 Å². The monoisotopic (exact) mass is 227 g/mol. The Hall–Kier alpha value is -1.26. The highest BCUT2D eigenvalue weighted by molar-refractivity contribution is 5.34. The highest BCUT2D eigenvalue weighted by Crippen LogP contribution is 2.36. The molecule has 1 aliphatic rings. The Morgan fingerprint density at radius 3 is 2.82 bits per heavy atom. The molecule has 1 aromatic rings. The molecule has 1 aliphatic carbocycles. The second-order valence-electron chi connectivity index (χ2n) is 4.92. The number of benzene rings is 1. The van der Waals surface area contributed by atoms with Gasteiger partial charge >= 0.3 is 0 Å². The van der Waals surface area contributed by atoms with Gasteiger partial charge in [-0.3, -0.25) is 0 Å². The van der Waals surface area contributed by atoms with Crippen molar-refractivity contribution in [2.75, 3.05) is 6.54 Å². The standard InChI is InChI=1S/C16H21N/c1-3-4-7-12-17-16-11-10-13(2)14-8-5-6-9-15(14)16/h1,5-6,8-9,13,16-17H,4,7,10-12H2,2H3. The van der Waals surface area contributed by atoms with Crippen LogP contribution < -0.4 is 5.32 Å². The lowest BCUT2D eigenvalue weighted by molar-refractivity contribution is 0.430. The van der Waals surface area contributed by atoms with Crippen molar-refractivity contribution in [3.63, 3.8) is 0 Å². The minimum Gasteiger partial charge on any atom is -0.310 e. The zero-order valence-electron chi connectivity index (χ0n) is 10.6. The zero-order chi connectivity index (χ0) is 12.1. The van der Waals surface area contributed by atoms with Crippen LogP contribution in [-0.2, 0) is 0 Å². The SMILES string of the molecule is C#CCCCNC1CCC(C)c2ccccc21. The lowest BCUT2D eigenvalue weighted by Gasteiger charge is -2.30. The van der Waals surface area contributed by atoms with E-state index in [2.05, 4.69) is 42.4 Å². The molecule has 0 spiro atoms. The summed E-state index contributed by atoms with van der Waals surface area (Å²) in [6.45, 7) is 3.35. The summed E-state index contributed by atoms with van der Waals surface area (Å²) in [6, 6.07) is 9.36. The summed E-state index contributed by atoms with van der Waals surface area (Å²) in [5, 5.41) is 3.64. The molecule has 0 amide bonds. The summed E-state index contributed by atoms with van der Waals surface area (Å²) in [6.07, 6.45) is 9.74. The van der Waals surface area contributed by atoms with E-state index in [-0.39, 0.29) is 0 Å². The van der Waals surface area contributed by atoms with Crippen molar-refractivity contribution in [3.8, 4) is 12.3 Å². The molecule has 90 valence electrons. The molecule has 0 saturated heterocycles. The Kier molecular flexibility index (Phi) is 4.23. The molecule has 1 aromatic carbocycles. The Morgan fingerprint density at radius 2 is 2.06 bits per heavy atom. The van der Waals surface area contributed by atoms with Gasteiger partial charge in [0, 0.05) is 12.5 Å². The molecular weight excluding hydrogens is 206 g/mol. The maximum Gasteiger partial charge on any atom is 0.0323 e. The van der Waals surface area contributed by atoms with E-state index in [1.807, 2.05) is 0 Å². The first kappa shape index (κ1) is 12.2. The van der Waals surface area contributed by atoms with Gasteiger partial charge in [0.2, 0.25) is 0 Å². The van der Waals surface area contributed by atoms with Crippen LogP contribution in [-0.4, -0.2) is 6.54 Å². The summed E-state index contributed by atoms with van der Waals surface area (Å²) in [4.78, 5) is 0. The van der Waals surface area contributed by atoms with Gasteiger partial charge in [-0.1, -0.05) is 31.2 Å². The van der Waals surface area contributed by atoms with Crippen LogP contribution in [0.5, 0.6) is 0 Å². The molecule has 0 bridgehead atoms. The molecule has 0 radical (unpaired) electrons. The van der Waals surface area contributed by atoms with Crippen LogP contribution in [0.15, 0.2) is 24.3 Å². The van der Waals surface area contributed by atoms with Crippen LogP contribution in [0.4, 0.5) is 0 Å². The smallest absolute Gasteiger partial charge is 0.0323 e. The summed E-state index contributed by atoms with van der Waals surface area (Å²) in [5.41, 5.74) is 3.01. The first-order valence-electron chi connectivity index (χ1n) is 6.58. The number of hydrogen-bond acceptors (Lipinski definition) is 1. The molecule has 2 unspecified atom stereocenters. The van der Waals surface area contributed by atoms with Gasteiger partial charge in [0.05, 0.1) is 0 Å². The Morgan fingerprint density at radius 1 is 1.29 bits per heavy atom. The van der Waals surface area contributed by atoms with Gasteiger partial charge in [0.1, 0.15) is 0 Å². The highest BCUT2D eigenvalue weighted by Gasteiger charge is 2.23. The predicted octanol–water partition coefficient (Wildman–Crippen LogP) is 3.63. The molecule has 0 heterocycles. The van der Waals surface area contributed by atoms with E-state index in [0.717, 1.165) is 19.4 Å². The topological polar surface area (TPSA) is 12.0 Å². The van der Waals surface area contributed by atoms with E-state index in [4.69, 9.17) is 6.42 Å². The average molecular weight is 227 g/mol. The van der Waals surface area contributed by atoms with Gasteiger partial charge in [-0.2, -0.15) is 0 Å². The quantitative estimate of drug-likeness (QED) is 0.612. The Bertz CT molecular complexity index is 402. The van der Waals surface area contributed by atoms with E-state index in [0.29, 0.717) is 12.0 Å². The van der Waals surface area contributed by atoms with Gasteiger partial charge in [-0.25, -0.2) is 0 Å². The fourth-order valence-electron chi connectivity index (χ4n) is 2.68. The van der Waals surface area contributed by atoms with Gasteiger partial charge in [0.15, 0.2) is 0 Å². The van der Waals surface area contributed by atoms with Crippen LogP contribution >= 0.6 is 0 Å². The van der Waals surface area contributed by atoms with Crippen LogP contribution in [0, 0.1) is 12.3 Å². The third-order valence-electron chi connectivity index (χ3n) is 3.68. The summed E-state index contributed by atoms with van der Waals surface area (Å²) < 4.78 is 0. The van der Waals surface area contributed by atoms with E-state index >= 15 is 0 Å². The molecule has 0 fully saturated rings. The second-order valence-corrected chi connectivity index (χ2v) is 4.92. The molecular formula is C16H21N. The Balaban J connectivity index is 2.01. The maximum absolute atomic E-state index is 5.26. The molecule has 0 saturated carbocycles. The number of nitrogens with one attached hydrogen (secondary N) is 1. The first-order valence-corrected chi connectivity index (χ1v) is 6.58. The minimum absolute atomic E-state index is 0.528. The highest BCUT2D eigenvalue weighted by atomic mass is 14.9. The van der Waals surface area contributed by atoms with Crippen LogP contribution in [0.2, 0.25) is 0 Å². The van der Waals surface area contributed by atoms with Crippen molar-refractivity contribution in [3.05, 3.63) is 35.4 Å². The molecule has 17 heavy (non-hydrogen) atoms. The van der Waals surface area contributed by atoms with Crippen LogP contribution in [0.1, 0.15) is 55.7 Å². The zero-order valence-corrected chi connectivity index (χ0v) is 10.6. The fraction of sp³-hybridized carbons (Fsp3) is 0.500. The summed E-state index contributed by atoms with van der Waals surface area (Å²) in [7, 11) is 0. The number of unbranched alkanes of at least 4 members (excludes halogenated alkanes) is 1. The van der Waals surface area contributed by atoms with Crippen molar-refractivity contribution < 1.29 is 0 Å². The van der Waals surface area contributed by atoms with Crippen molar-refractivity contribution in [2.45, 2.75) is 44.6 Å². The molecule has 1 heteroatoms. The normalized spacial score (nSPS) is 22.8. The molecule has 2 atom stereocenters. The van der Waals surface area contributed by atoms with E-state index < -0.39 is 0 Å². The number of fused-ring (bicyclic) bond motifs is 1. The second kappa shape index (κ2) is 5.89. The van der Waals surface area contributed by atoms with E-state index in [1.165, 1.54) is 24.0 Å². The first-order chi connectivity index (χ1) is 8.33. The fourth-order valence-corrected chi connectivity index (χ4v) is 2.68. The van der Waals surface area contributed by atoms with Gasteiger partial charge in [0.25, 0.3) is 0 Å². The molecule has 0 aromatic heterocycles. The summed E-state index contributed by atoms with van der Waals surface area (Å²) in [5.74, 6) is 3.40. The lowest BCUT2D eigenvalue weighted by atomic mass is 9.81. The number of hydrogen-bond donors (Lipinski definition) is 1. The number of rotatable bonds is 4. The van der Waals surface area contributed by atoms with E-state index in [1.54, 1.807) is 0 Å². The van der Waals surface area contributed by atoms with Crippen molar-refractivity contribution >= 4 is 0 Å². The molecule has 1 nitrogen and oxygen atoms in total. The van der Waals surface area contributed by atoms with Crippen LogP contribution in [0.25, 0.3) is 0 Å². The minimum atomic E-state index is 0.528. The predicted molar refractivity (Wildman–Crippen MR) is 72.9 cm³/mol. The largest absolute Gasteiger partial charge is 0.310 e. The molecule has 1 N–H and O–H groups in total. The third-order valence-corrected chi connectivity index (χ3v) is 3.68. The Labute approximate surface area is 105 Å². The van der Waals surface area contributed by atoms with Gasteiger partial charge < -0.3 is 5.32 Å². The van der Waals surface area contributed by atoms with E-state index in [9.17, 15) is 0 Å². The third kappa shape index (κ3) is 2.90. The van der Waals surface area contributed by atoms with Crippen molar-refractivity contribution in [2.24, 2.45) is 0 Å². The molecule has 2 rings (SSSR count). The van der Waals surface area contributed by atoms with Crippen LogP contribution in [0.3, 0.4) is 0 Å². The van der Waals surface area contributed by atoms with Gasteiger partial charge in [-0.15, -0.1) is 12.3 Å². The average Bonchev–Trinajstić information content (AvgIpc) is 2.37.